The number of carboxylic acid groups (broad SMARTS) is 1. The van der Waals surface area contributed by atoms with Gasteiger partial charge in [-0.1, -0.05) is 34.1 Å². The molecule has 1 aromatic carbocycles. The second-order valence-corrected chi connectivity index (χ2v) is 6.80. The van der Waals surface area contributed by atoms with Crippen LogP contribution in [0.3, 0.4) is 0 Å². The Morgan fingerprint density at radius 1 is 1.23 bits per heavy atom. The van der Waals surface area contributed by atoms with Gasteiger partial charge in [0, 0.05) is 15.8 Å². The van der Waals surface area contributed by atoms with Crippen molar-refractivity contribution in [3.63, 3.8) is 0 Å². The van der Waals surface area contributed by atoms with Gasteiger partial charge >= 0.3 is 5.97 Å². The molecule has 0 saturated heterocycles. The topological polar surface area (TPSA) is 66.4 Å². The summed E-state index contributed by atoms with van der Waals surface area (Å²) in [4.78, 5) is 24.2. The molecule has 0 aliphatic heterocycles. The molecule has 0 aliphatic carbocycles. The van der Waals surface area contributed by atoms with Gasteiger partial charge in [-0.3, -0.25) is 9.59 Å². The van der Waals surface area contributed by atoms with Crippen LogP contribution in [0.4, 0.5) is 0 Å². The van der Waals surface area contributed by atoms with E-state index in [2.05, 4.69) is 21.2 Å². The molecule has 116 valence electrons. The molecule has 1 unspecified atom stereocenters. The maximum Gasteiger partial charge on any atom is 0.305 e. The van der Waals surface area contributed by atoms with Crippen LogP contribution >= 0.6 is 27.3 Å². The van der Waals surface area contributed by atoms with Crippen LogP contribution in [0.1, 0.15) is 29.3 Å². The molecule has 0 fully saturated rings. The fraction of sp³-hybridized carbons (Fsp3) is 0.250. The van der Waals surface area contributed by atoms with Crippen molar-refractivity contribution in [3.05, 3.63) is 56.7 Å². The van der Waals surface area contributed by atoms with E-state index in [0.717, 1.165) is 14.9 Å². The zero-order valence-corrected chi connectivity index (χ0v) is 14.2. The maximum atomic E-state index is 12.1. The molecule has 0 radical (unpaired) electrons. The summed E-state index contributed by atoms with van der Waals surface area (Å²) in [5, 5.41) is 13.8. The van der Waals surface area contributed by atoms with Crippen molar-refractivity contribution in [1.82, 2.24) is 5.32 Å². The summed E-state index contributed by atoms with van der Waals surface area (Å²) in [6.45, 7) is 0. The monoisotopic (exact) mass is 381 g/mol. The van der Waals surface area contributed by atoms with E-state index < -0.39 is 12.0 Å². The highest BCUT2D eigenvalue weighted by molar-refractivity contribution is 9.10. The van der Waals surface area contributed by atoms with Crippen LogP contribution in [0.15, 0.2) is 46.3 Å². The van der Waals surface area contributed by atoms with Crippen molar-refractivity contribution in [2.45, 2.75) is 25.3 Å². The largest absolute Gasteiger partial charge is 0.481 e. The number of thiophene rings is 1. The second-order valence-electron chi connectivity index (χ2n) is 4.85. The van der Waals surface area contributed by atoms with Crippen molar-refractivity contribution in [1.29, 1.82) is 0 Å². The van der Waals surface area contributed by atoms with Crippen LogP contribution in [-0.4, -0.2) is 17.0 Å². The summed E-state index contributed by atoms with van der Waals surface area (Å²) < 4.78 is 0.911. The lowest BCUT2D eigenvalue weighted by Crippen LogP contribution is -2.30. The Morgan fingerprint density at radius 3 is 2.55 bits per heavy atom. The number of amides is 1. The minimum atomic E-state index is -0.938. The number of hydrogen-bond donors (Lipinski definition) is 2. The van der Waals surface area contributed by atoms with Crippen LogP contribution in [0.2, 0.25) is 0 Å². The standard InChI is InChI=1S/C16H16BrNO3S/c17-12-5-3-11(4-6-12)14(10-16(20)21)18-15(19)8-7-13-2-1-9-22-13/h1-6,9,14H,7-8,10H2,(H,18,19)(H,20,21). The quantitative estimate of drug-likeness (QED) is 0.766. The number of halogens is 1. The average molecular weight is 382 g/mol. The maximum absolute atomic E-state index is 12.1. The molecule has 22 heavy (non-hydrogen) atoms. The minimum Gasteiger partial charge on any atom is -0.481 e. The Morgan fingerprint density at radius 2 is 1.95 bits per heavy atom. The fourth-order valence-electron chi connectivity index (χ4n) is 2.08. The second kappa shape index (κ2) is 8.10. The summed E-state index contributed by atoms with van der Waals surface area (Å²) in [6.07, 6.45) is 0.892. The molecule has 1 heterocycles. The summed E-state index contributed by atoms with van der Waals surface area (Å²) in [6, 6.07) is 10.7. The van der Waals surface area contributed by atoms with Crippen LogP contribution in [0.5, 0.6) is 0 Å². The number of nitrogens with one attached hydrogen (secondary N) is 1. The van der Waals surface area contributed by atoms with Gasteiger partial charge in [-0.05, 0) is 35.6 Å². The summed E-state index contributed by atoms with van der Waals surface area (Å²) in [5.41, 5.74) is 0.787. The fourth-order valence-corrected chi connectivity index (χ4v) is 3.05. The van der Waals surface area contributed by atoms with Gasteiger partial charge < -0.3 is 10.4 Å². The highest BCUT2D eigenvalue weighted by Crippen LogP contribution is 2.20. The zero-order chi connectivity index (χ0) is 15.9. The minimum absolute atomic E-state index is 0.133. The van der Waals surface area contributed by atoms with E-state index in [1.54, 1.807) is 11.3 Å². The predicted molar refractivity (Wildman–Crippen MR) is 89.9 cm³/mol. The van der Waals surface area contributed by atoms with Gasteiger partial charge in [0.05, 0.1) is 12.5 Å². The molecule has 6 heteroatoms. The molecule has 0 saturated carbocycles. The van der Waals surface area contributed by atoms with Crippen molar-refractivity contribution in [2.75, 3.05) is 0 Å². The lowest BCUT2D eigenvalue weighted by molar-refractivity contribution is -0.137. The van der Waals surface area contributed by atoms with Crippen LogP contribution in [-0.2, 0) is 16.0 Å². The van der Waals surface area contributed by atoms with Crippen LogP contribution < -0.4 is 5.32 Å². The predicted octanol–water partition coefficient (Wildman–Crippen LogP) is 3.78. The normalized spacial score (nSPS) is 11.9. The van der Waals surface area contributed by atoms with Gasteiger partial charge in [0.2, 0.25) is 5.91 Å². The highest BCUT2D eigenvalue weighted by Gasteiger charge is 2.18. The lowest BCUT2D eigenvalue weighted by atomic mass is 10.0. The molecule has 2 rings (SSSR count). The Bertz CT molecular complexity index is 625. The number of rotatable bonds is 7. The number of aliphatic carboxylic acids is 1. The SMILES string of the molecule is O=C(O)CC(NC(=O)CCc1cccs1)c1ccc(Br)cc1. The van der Waals surface area contributed by atoms with Crippen molar-refractivity contribution < 1.29 is 14.7 Å². The van der Waals surface area contributed by atoms with E-state index in [9.17, 15) is 9.59 Å². The van der Waals surface area contributed by atoms with E-state index in [4.69, 9.17) is 5.11 Å². The summed E-state index contributed by atoms with van der Waals surface area (Å²) in [5.74, 6) is -1.07. The summed E-state index contributed by atoms with van der Waals surface area (Å²) >= 11 is 4.95. The van der Waals surface area contributed by atoms with Gasteiger partial charge in [-0.15, -0.1) is 11.3 Å². The first kappa shape index (κ1) is 16.7. The van der Waals surface area contributed by atoms with Gasteiger partial charge in [0.15, 0.2) is 0 Å². The van der Waals surface area contributed by atoms with E-state index >= 15 is 0 Å². The first-order chi connectivity index (χ1) is 10.5. The Hall–Kier alpha value is -1.66. The third-order valence-corrected chi connectivity index (χ3v) is 4.63. The molecular weight excluding hydrogens is 366 g/mol. The molecule has 2 N–H and O–H groups in total. The zero-order valence-electron chi connectivity index (χ0n) is 11.8. The molecule has 0 bridgehead atoms. The third-order valence-electron chi connectivity index (χ3n) is 3.16. The van der Waals surface area contributed by atoms with Crippen molar-refractivity contribution >= 4 is 39.1 Å². The van der Waals surface area contributed by atoms with E-state index in [1.165, 1.54) is 0 Å². The van der Waals surface area contributed by atoms with Gasteiger partial charge in [0.25, 0.3) is 0 Å². The highest BCUT2D eigenvalue weighted by atomic mass is 79.9. The number of carbonyl (C=O) groups is 2. The van der Waals surface area contributed by atoms with Gasteiger partial charge in [-0.2, -0.15) is 0 Å². The molecule has 1 aromatic heterocycles. The van der Waals surface area contributed by atoms with Crippen molar-refractivity contribution in [2.24, 2.45) is 0 Å². The molecule has 1 atom stereocenters. The van der Waals surface area contributed by atoms with E-state index in [-0.39, 0.29) is 12.3 Å². The third kappa shape index (κ3) is 5.27. The molecule has 4 nitrogen and oxygen atoms in total. The molecular formula is C16H16BrNO3S. The molecule has 2 aromatic rings. The Balaban J connectivity index is 1.98. The summed E-state index contributed by atoms with van der Waals surface area (Å²) in [7, 11) is 0. The van der Waals surface area contributed by atoms with Crippen molar-refractivity contribution in [3.8, 4) is 0 Å². The molecule has 1 amide bonds. The smallest absolute Gasteiger partial charge is 0.305 e. The van der Waals surface area contributed by atoms with Gasteiger partial charge in [-0.25, -0.2) is 0 Å². The first-order valence-electron chi connectivity index (χ1n) is 6.83. The van der Waals surface area contributed by atoms with Crippen LogP contribution in [0, 0.1) is 0 Å². The van der Waals surface area contributed by atoms with E-state index in [0.29, 0.717) is 12.8 Å². The molecule has 0 spiro atoms. The Kier molecular flexibility index (Phi) is 6.15. The Labute approximate surface area is 141 Å². The molecule has 0 aliphatic rings. The number of aryl methyl sites for hydroxylation is 1. The number of carboxylic acids is 1. The van der Waals surface area contributed by atoms with E-state index in [1.807, 2.05) is 41.8 Å². The number of hydrogen-bond acceptors (Lipinski definition) is 3. The lowest BCUT2D eigenvalue weighted by Gasteiger charge is -2.17. The number of benzene rings is 1. The number of carbonyl (C=O) groups excluding carboxylic acids is 1. The first-order valence-corrected chi connectivity index (χ1v) is 8.51. The van der Waals surface area contributed by atoms with Gasteiger partial charge in [0.1, 0.15) is 0 Å². The van der Waals surface area contributed by atoms with Crippen LogP contribution in [0.25, 0.3) is 0 Å². The average Bonchev–Trinajstić information content (AvgIpc) is 2.98.